The standard InChI is InChI=1S/C14H18N4/c1-10-8-14(17-11(2)16-10)18(3)13-6-4-12(9-15)5-7-13/h4-8H,9,15H2,1-3H3. The summed E-state index contributed by atoms with van der Waals surface area (Å²) in [6.45, 7) is 4.45. The Morgan fingerprint density at radius 2 is 1.78 bits per heavy atom. The molecule has 2 N–H and O–H groups in total. The van der Waals surface area contributed by atoms with Crippen molar-refractivity contribution in [1.82, 2.24) is 9.97 Å². The maximum atomic E-state index is 5.59. The van der Waals surface area contributed by atoms with Crippen molar-refractivity contribution in [3.8, 4) is 0 Å². The van der Waals surface area contributed by atoms with Crippen LogP contribution in [0.5, 0.6) is 0 Å². The Bertz CT molecular complexity index is 514. The van der Waals surface area contributed by atoms with Crippen LogP contribution in [0.1, 0.15) is 17.1 Å². The Labute approximate surface area is 107 Å². The summed E-state index contributed by atoms with van der Waals surface area (Å²) in [5.41, 5.74) is 8.78. The van der Waals surface area contributed by atoms with E-state index in [0.29, 0.717) is 6.54 Å². The minimum absolute atomic E-state index is 0.565. The van der Waals surface area contributed by atoms with E-state index in [1.165, 1.54) is 0 Å². The first-order chi connectivity index (χ1) is 8.60. The van der Waals surface area contributed by atoms with Gasteiger partial charge >= 0.3 is 0 Å². The number of nitrogens with two attached hydrogens (primary N) is 1. The second-order valence-electron chi connectivity index (χ2n) is 4.34. The van der Waals surface area contributed by atoms with Gasteiger partial charge in [0.15, 0.2) is 0 Å². The van der Waals surface area contributed by atoms with Crippen LogP contribution in [0.3, 0.4) is 0 Å². The highest BCUT2D eigenvalue weighted by atomic mass is 15.2. The zero-order valence-corrected chi connectivity index (χ0v) is 11.0. The van der Waals surface area contributed by atoms with Gasteiger partial charge in [-0.3, -0.25) is 0 Å². The number of nitrogens with zero attached hydrogens (tertiary/aromatic N) is 3. The van der Waals surface area contributed by atoms with Crippen LogP contribution >= 0.6 is 0 Å². The van der Waals surface area contributed by atoms with Gasteiger partial charge in [0.05, 0.1) is 0 Å². The molecule has 1 aromatic carbocycles. The van der Waals surface area contributed by atoms with E-state index in [4.69, 9.17) is 5.73 Å². The van der Waals surface area contributed by atoms with Crippen molar-refractivity contribution in [2.45, 2.75) is 20.4 Å². The van der Waals surface area contributed by atoms with E-state index >= 15 is 0 Å². The third-order valence-electron chi connectivity index (χ3n) is 2.86. The molecule has 0 fully saturated rings. The fraction of sp³-hybridized carbons (Fsp3) is 0.286. The van der Waals surface area contributed by atoms with Gasteiger partial charge < -0.3 is 10.6 Å². The van der Waals surface area contributed by atoms with E-state index in [-0.39, 0.29) is 0 Å². The highest BCUT2D eigenvalue weighted by Crippen LogP contribution is 2.22. The lowest BCUT2D eigenvalue weighted by Crippen LogP contribution is -2.12. The lowest BCUT2D eigenvalue weighted by atomic mass is 10.2. The van der Waals surface area contributed by atoms with E-state index in [9.17, 15) is 0 Å². The number of rotatable bonds is 3. The molecule has 4 heteroatoms. The van der Waals surface area contributed by atoms with Gasteiger partial charge in [0.1, 0.15) is 11.6 Å². The minimum atomic E-state index is 0.565. The minimum Gasteiger partial charge on any atom is -0.329 e. The van der Waals surface area contributed by atoms with Crippen molar-refractivity contribution in [3.05, 3.63) is 47.4 Å². The van der Waals surface area contributed by atoms with Gasteiger partial charge in [0.25, 0.3) is 0 Å². The van der Waals surface area contributed by atoms with Gasteiger partial charge in [-0.15, -0.1) is 0 Å². The number of benzene rings is 1. The van der Waals surface area contributed by atoms with E-state index in [0.717, 1.165) is 28.6 Å². The Morgan fingerprint density at radius 3 is 2.33 bits per heavy atom. The summed E-state index contributed by atoms with van der Waals surface area (Å²) in [6, 6.07) is 10.1. The molecule has 0 atom stereocenters. The molecule has 94 valence electrons. The second-order valence-corrected chi connectivity index (χ2v) is 4.34. The van der Waals surface area contributed by atoms with Crippen LogP contribution in [-0.4, -0.2) is 17.0 Å². The van der Waals surface area contributed by atoms with Gasteiger partial charge in [-0.25, -0.2) is 9.97 Å². The van der Waals surface area contributed by atoms with Crippen LogP contribution in [-0.2, 0) is 6.54 Å². The highest BCUT2D eigenvalue weighted by Gasteiger charge is 2.07. The lowest BCUT2D eigenvalue weighted by Gasteiger charge is -2.19. The van der Waals surface area contributed by atoms with Crippen molar-refractivity contribution in [1.29, 1.82) is 0 Å². The molecule has 0 aliphatic heterocycles. The molecule has 0 spiro atoms. The van der Waals surface area contributed by atoms with E-state index in [1.807, 2.05) is 44.0 Å². The Morgan fingerprint density at radius 1 is 1.11 bits per heavy atom. The van der Waals surface area contributed by atoms with Crippen LogP contribution in [0.4, 0.5) is 11.5 Å². The molecule has 1 heterocycles. The molecule has 18 heavy (non-hydrogen) atoms. The summed E-state index contributed by atoms with van der Waals surface area (Å²) in [5.74, 6) is 1.69. The molecule has 2 rings (SSSR count). The summed E-state index contributed by atoms with van der Waals surface area (Å²) >= 11 is 0. The molecular weight excluding hydrogens is 224 g/mol. The van der Waals surface area contributed by atoms with Crippen LogP contribution in [0.15, 0.2) is 30.3 Å². The van der Waals surface area contributed by atoms with Gasteiger partial charge in [-0.05, 0) is 31.5 Å². The molecule has 0 aliphatic rings. The van der Waals surface area contributed by atoms with Gasteiger partial charge in [0, 0.05) is 31.0 Å². The normalized spacial score (nSPS) is 10.4. The predicted molar refractivity (Wildman–Crippen MR) is 73.9 cm³/mol. The average molecular weight is 242 g/mol. The predicted octanol–water partition coefficient (Wildman–Crippen LogP) is 2.32. The number of aryl methyl sites for hydroxylation is 2. The second kappa shape index (κ2) is 5.14. The molecule has 0 saturated heterocycles. The SMILES string of the molecule is Cc1cc(N(C)c2ccc(CN)cc2)nc(C)n1. The zero-order valence-electron chi connectivity index (χ0n) is 11.0. The van der Waals surface area contributed by atoms with Gasteiger partial charge in [0.2, 0.25) is 0 Å². The smallest absolute Gasteiger partial charge is 0.136 e. The van der Waals surface area contributed by atoms with E-state index in [1.54, 1.807) is 0 Å². The van der Waals surface area contributed by atoms with Crippen molar-refractivity contribution in [2.24, 2.45) is 5.73 Å². The molecule has 2 aromatic rings. The number of hydrogen-bond donors (Lipinski definition) is 1. The van der Waals surface area contributed by atoms with Crippen LogP contribution < -0.4 is 10.6 Å². The molecular formula is C14H18N4. The molecule has 0 unspecified atom stereocenters. The molecule has 0 radical (unpaired) electrons. The monoisotopic (exact) mass is 242 g/mol. The summed E-state index contributed by atoms with van der Waals surface area (Å²) in [5, 5.41) is 0. The zero-order chi connectivity index (χ0) is 13.1. The van der Waals surface area contributed by atoms with Gasteiger partial charge in [-0.2, -0.15) is 0 Å². The topological polar surface area (TPSA) is 55.0 Å². The number of anilines is 2. The maximum Gasteiger partial charge on any atom is 0.136 e. The summed E-state index contributed by atoms with van der Waals surface area (Å²) in [7, 11) is 2.00. The first kappa shape index (κ1) is 12.5. The van der Waals surface area contributed by atoms with Crippen molar-refractivity contribution >= 4 is 11.5 Å². The first-order valence-corrected chi connectivity index (χ1v) is 5.95. The fourth-order valence-electron chi connectivity index (χ4n) is 1.86. The summed E-state index contributed by atoms with van der Waals surface area (Å²) < 4.78 is 0. The van der Waals surface area contributed by atoms with E-state index < -0.39 is 0 Å². The molecule has 1 aromatic heterocycles. The largest absolute Gasteiger partial charge is 0.329 e. The maximum absolute atomic E-state index is 5.59. The van der Waals surface area contributed by atoms with Crippen LogP contribution in [0.25, 0.3) is 0 Å². The van der Waals surface area contributed by atoms with Crippen molar-refractivity contribution < 1.29 is 0 Å². The van der Waals surface area contributed by atoms with Gasteiger partial charge in [-0.1, -0.05) is 12.1 Å². The molecule has 0 saturated carbocycles. The van der Waals surface area contributed by atoms with Crippen LogP contribution in [0.2, 0.25) is 0 Å². The molecule has 0 bridgehead atoms. The Kier molecular flexibility index (Phi) is 3.58. The third kappa shape index (κ3) is 2.65. The quantitative estimate of drug-likeness (QED) is 0.897. The highest BCUT2D eigenvalue weighted by molar-refractivity contribution is 5.59. The van der Waals surface area contributed by atoms with Crippen molar-refractivity contribution in [2.75, 3.05) is 11.9 Å². The first-order valence-electron chi connectivity index (χ1n) is 5.95. The Balaban J connectivity index is 2.31. The number of aromatic nitrogens is 2. The average Bonchev–Trinajstić information content (AvgIpc) is 2.37. The van der Waals surface area contributed by atoms with Crippen molar-refractivity contribution in [3.63, 3.8) is 0 Å². The Hall–Kier alpha value is -1.94. The third-order valence-corrected chi connectivity index (χ3v) is 2.86. The lowest BCUT2D eigenvalue weighted by molar-refractivity contribution is 0.981. The summed E-state index contributed by atoms with van der Waals surface area (Å²) in [6.07, 6.45) is 0. The van der Waals surface area contributed by atoms with Crippen LogP contribution in [0, 0.1) is 13.8 Å². The molecule has 0 aliphatic carbocycles. The molecule has 4 nitrogen and oxygen atoms in total. The fourth-order valence-corrected chi connectivity index (χ4v) is 1.86. The molecule has 0 amide bonds. The van der Waals surface area contributed by atoms with E-state index in [2.05, 4.69) is 22.1 Å². The summed E-state index contributed by atoms with van der Waals surface area (Å²) in [4.78, 5) is 10.8. The number of hydrogen-bond acceptors (Lipinski definition) is 4.